The van der Waals surface area contributed by atoms with Crippen LogP contribution in [-0.2, 0) is 0 Å². The Hall–Kier alpha value is -7.02. The minimum Gasteiger partial charge on any atom is -0.453 e. The molecule has 6 heteroatoms. The second-order valence-corrected chi connectivity index (χ2v) is 15.2. The first kappa shape index (κ1) is 30.4. The summed E-state index contributed by atoms with van der Waals surface area (Å²) in [5, 5.41) is 13.0. The SMILES string of the molecule is c1ccc(C2=NC(c3cc4ccccc4c4c3oc3c(-n5c6ccccc6c6ccc7sc8ccccc8c7c65)cccc34)=NC(c3ccccc3)N2)cc1. The number of aliphatic imine (C=N–C) groups is 2. The molecule has 12 rings (SSSR count). The van der Waals surface area contributed by atoms with Crippen molar-refractivity contribution in [2.45, 2.75) is 6.17 Å². The Morgan fingerprint density at radius 3 is 2.16 bits per heavy atom. The molecule has 1 aliphatic heterocycles. The molecule has 0 saturated heterocycles. The van der Waals surface area contributed by atoms with Gasteiger partial charge in [-0.05, 0) is 46.7 Å². The van der Waals surface area contributed by atoms with E-state index in [1.807, 2.05) is 35.6 Å². The standard InChI is InChI=1S/C49H30N4OS/c1-3-14-29(15-4-1)47-50-48(30-16-5-2-6-17-30)52-49(51-47)37-28-31-18-7-8-19-32(31)42-36-22-13-24-39(45(36)54-46(37)42)53-38-23-11-9-20-33(38)34-26-27-41-43(44(34)53)35-21-10-12-25-40(35)55-41/h1-28,47H,(H,50,51,52). The molecule has 4 heterocycles. The molecule has 0 amide bonds. The molecule has 258 valence electrons. The van der Waals surface area contributed by atoms with Gasteiger partial charge in [0.1, 0.15) is 17.6 Å². The predicted molar refractivity (Wildman–Crippen MR) is 230 cm³/mol. The number of thiophene rings is 1. The van der Waals surface area contributed by atoms with Crippen molar-refractivity contribution in [3.63, 3.8) is 0 Å². The Balaban J connectivity index is 1.19. The second-order valence-electron chi connectivity index (χ2n) is 14.1. The van der Waals surface area contributed by atoms with E-state index >= 15 is 0 Å². The van der Waals surface area contributed by atoms with E-state index < -0.39 is 0 Å². The number of furan rings is 1. The van der Waals surface area contributed by atoms with E-state index in [4.69, 9.17) is 14.4 Å². The highest BCUT2D eigenvalue weighted by Crippen LogP contribution is 2.46. The van der Waals surface area contributed by atoms with Crippen LogP contribution in [0.2, 0.25) is 0 Å². The van der Waals surface area contributed by atoms with Crippen LogP contribution < -0.4 is 5.32 Å². The zero-order valence-corrected chi connectivity index (χ0v) is 30.2. The molecule has 3 aromatic heterocycles. The number of fused-ring (bicyclic) bond motifs is 12. The summed E-state index contributed by atoms with van der Waals surface area (Å²) in [5.74, 6) is 1.40. The number of nitrogens with zero attached hydrogens (tertiary/aromatic N) is 3. The smallest absolute Gasteiger partial charge is 0.163 e. The fraction of sp³-hybridized carbons (Fsp3) is 0.0204. The van der Waals surface area contributed by atoms with Gasteiger partial charge in [-0.15, -0.1) is 11.3 Å². The number of rotatable bonds is 4. The van der Waals surface area contributed by atoms with Gasteiger partial charge in [-0.3, -0.25) is 0 Å². The van der Waals surface area contributed by atoms with E-state index in [9.17, 15) is 0 Å². The third-order valence-electron chi connectivity index (χ3n) is 11.0. The van der Waals surface area contributed by atoms with Crippen LogP contribution in [-0.4, -0.2) is 16.2 Å². The zero-order chi connectivity index (χ0) is 36.0. The topological polar surface area (TPSA) is 54.8 Å². The molecule has 55 heavy (non-hydrogen) atoms. The van der Waals surface area contributed by atoms with E-state index in [0.29, 0.717) is 5.84 Å². The number of aromatic nitrogens is 1. The maximum absolute atomic E-state index is 7.27. The molecule has 1 unspecified atom stereocenters. The summed E-state index contributed by atoms with van der Waals surface area (Å²) in [6, 6.07) is 60.0. The lowest BCUT2D eigenvalue weighted by Gasteiger charge is -2.23. The Labute approximate surface area is 319 Å². The minimum atomic E-state index is -0.328. The third kappa shape index (κ3) is 4.52. The van der Waals surface area contributed by atoms with Gasteiger partial charge >= 0.3 is 0 Å². The normalized spacial score (nSPS) is 14.7. The monoisotopic (exact) mass is 722 g/mol. The van der Waals surface area contributed by atoms with Gasteiger partial charge in [-0.25, -0.2) is 9.98 Å². The number of para-hydroxylation sites is 2. The molecule has 0 saturated carbocycles. The predicted octanol–water partition coefficient (Wildman–Crippen LogP) is 12.7. The summed E-state index contributed by atoms with van der Waals surface area (Å²) < 4.78 is 12.3. The molecule has 0 bridgehead atoms. The number of nitrogens with one attached hydrogen (secondary N) is 1. The van der Waals surface area contributed by atoms with Gasteiger partial charge < -0.3 is 14.3 Å². The van der Waals surface area contributed by atoms with Gasteiger partial charge in [0.05, 0.1) is 22.3 Å². The van der Waals surface area contributed by atoms with Crippen LogP contribution >= 0.6 is 11.3 Å². The van der Waals surface area contributed by atoms with Crippen LogP contribution in [0.5, 0.6) is 0 Å². The summed E-state index contributed by atoms with van der Waals surface area (Å²) >= 11 is 1.85. The lowest BCUT2D eigenvalue weighted by atomic mass is 9.99. The van der Waals surface area contributed by atoms with Crippen molar-refractivity contribution in [3.05, 3.63) is 187 Å². The highest BCUT2D eigenvalue weighted by atomic mass is 32.1. The van der Waals surface area contributed by atoms with Crippen LogP contribution in [0.1, 0.15) is 22.9 Å². The Kier molecular flexibility index (Phi) is 6.50. The van der Waals surface area contributed by atoms with E-state index in [1.54, 1.807) is 0 Å². The average molecular weight is 723 g/mol. The van der Waals surface area contributed by atoms with Gasteiger partial charge in [0.25, 0.3) is 0 Å². The van der Waals surface area contributed by atoms with Crippen LogP contribution in [0.15, 0.2) is 184 Å². The number of benzene rings is 8. The molecular formula is C49H30N4OS. The molecule has 1 N–H and O–H groups in total. The molecule has 0 fully saturated rings. The molecular weight excluding hydrogens is 693 g/mol. The van der Waals surface area contributed by atoms with Crippen molar-refractivity contribution in [2.24, 2.45) is 9.98 Å². The lowest BCUT2D eigenvalue weighted by Crippen LogP contribution is -2.33. The molecule has 0 aliphatic carbocycles. The average Bonchev–Trinajstić information content (AvgIpc) is 3.94. The molecule has 1 aliphatic rings. The first-order chi connectivity index (χ1) is 27.3. The first-order valence-electron chi connectivity index (χ1n) is 18.5. The minimum absolute atomic E-state index is 0.328. The fourth-order valence-electron chi connectivity index (χ4n) is 8.61. The van der Waals surface area contributed by atoms with Gasteiger partial charge in [0.15, 0.2) is 11.4 Å². The van der Waals surface area contributed by atoms with Crippen molar-refractivity contribution in [3.8, 4) is 5.69 Å². The molecule has 1 atom stereocenters. The van der Waals surface area contributed by atoms with E-state index in [2.05, 4.69) is 155 Å². The molecule has 0 radical (unpaired) electrons. The van der Waals surface area contributed by atoms with Crippen molar-refractivity contribution >= 4 is 97.7 Å². The summed E-state index contributed by atoms with van der Waals surface area (Å²) in [7, 11) is 0. The maximum atomic E-state index is 7.27. The van der Waals surface area contributed by atoms with E-state index in [-0.39, 0.29) is 6.17 Å². The highest BCUT2D eigenvalue weighted by molar-refractivity contribution is 7.26. The number of amidine groups is 2. The first-order valence-corrected chi connectivity index (χ1v) is 19.3. The highest BCUT2D eigenvalue weighted by Gasteiger charge is 2.27. The van der Waals surface area contributed by atoms with Crippen LogP contribution in [0.25, 0.3) is 80.4 Å². The molecule has 0 spiro atoms. The van der Waals surface area contributed by atoms with Crippen molar-refractivity contribution in [2.75, 3.05) is 0 Å². The van der Waals surface area contributed by atoms with Crippen LogP contribution in [0, 0.1) is 0 Å². The second kappa shape index (κ2) is 11.7. The largest absolute Gasteiger partial charge is 0.453 e. The third-order valence-corrected chi connectivity index (χ3v) is 12.2. The molecule has 8 aromatic carbocycles. The summed E-state index contributed by atoms with van der Waals surface area (Å²) in [6.45, 7) is 0. The van der Waals surface area contributed by atoms with E-state index in [1.165, 1.54) is 36.5 Å². The number of hydrogen-bond acceptors (Lipinski definition) is 5. The Bertz CT molecular complexity index is 3410. The van der Waals surface area contributed by atoms with Gasteiger partial charge in [-0.2, -0.15) is 0 Å². The summed E-state index contributed by atoms with van der Waals surface area (Å²) in [5.41, 5.74) is 7.86. The summed E-state index contributed by atoms with van der Waals surface area (Å²) in [4.78, 5) is 10.5. The van der Waals surface area contributed by atoms with Crippen molar-refractivity contribution < 1.29 is 4.42 Å². The quantitative estimate of drug-likeness (QED) is 0.197. The molecule has 5 nitrogen and oxygen atoms in total. The van der Waals surface area contributed by atoms with Gasteiger partial charge in [-0.1, -0.05) is 140 Å². The Morgan fingerprint density at radius 2 is 1.29 bits per heavy atom. The van der Waals surface area contributed by atoms with Crippen molar-refractivity contribution in [1.82, 2.24) is 9.88 Å². The summed E-state index contributed by atoms with van der Waals surface area (Å²) in [6.07, 6.45) is -0.328. The lowest BCUT2D eigenvalue weighted by molar-refractivity contribution is 0.661. The Morgan fingerprint density at radius 1 is 0.564 bits per heavy atom. The van der Waals surface area contributed by atoms with Gasteiger partial charge in [0.2, 0.25) is 0 Å². The maximum Gasteiger partial charge on any atom is 0.163 e. The van der Waals surface area contributed by atoms with Gasteiger partial charge in [0, 0.05) is 47.3 Å². The van der Waals surface area contributed by atoms with E-state index in [0.717, 1.165) is 66.4 Å². The zero-order valence-electron chi connectivity index (χ0n) is 29.4. The molecule has 11 aromatic rings. The van der Waals surface area contributed by atoms with Crippen LogP contribution in [0.4, 0.5) is 0 Å². The van der Waals surface area contributed by atoms with Crippen molar-refractivity contribution in [1.29, 1.82) is 0 Å². The number of hydrogen-bond donors (Lipinski definition) is 1. The fourth-order valence-corrected chi connectivity index (χ4v) is 9.72. The van der Waals surface area contributed by atoms with Crippen LogP contribution in [0.3, 0.4) is 0 Å².